The van der Waals surface area contributed by atoms with Gasteiger partial charge in [0.15, 0.2) is 0 Å². The smallest absolute Gasteiger partial charge is 0.276 e. The number of H-pyrrole nitrogens is 1. The molecule has 0 aliphatic heterocycles. The minimum absolute atomic E-state index is 0.101. The number of hydrogen-bond acceptors (Lipinski definition) is 5. The Kier molecular flexibility index (Phi) is 4.62. The molecule has 1 aromatic carbocycles. The highest BCUT2D eigenvalue weighted by Gasteiger charge is 2.08. The van der Waals surface area contributed by atoms with E-state index < -0.39 is 5.91 Å². The van der Waals surface area contributed by atoms with Crippen molar-refractivity contribution in [3.63, 3.8) is 0 Å². The number of nitrogens with two attached hydrogens (primary N) is 1. The SMILES string of the molecule is NC(=S)COc1cccc(NC(=O)c2ccc(=O)[nH]n2)c1. The Labute approximate surface area is 125 Å². The fraction of sp³-hybridized carbons (Fsp3) is 0.0769. The largest absolute Gasteiger partial charge is 0.486 e. The first-order valence-corrected chi connectivity index (χ1v) is 6.33. The number of carbonyl (C=O) groups is 1. The molecule has 0 aliphatic rings. The number of amides is 1. The van der Waals surface area contributed by atoms with Crippen LogP contribution < -0.4 is 21.3 Å². The summed E-state index contributed by atoms with van der Waals surface area (Å²) in [6, 6.07) is 9.31. The van der Waals surface area contributed by atoms with Gasteiger partial charge in [-0.25, -0.2) is 5.10 Å². The standard InChI is InChI=1S/C13H12N4O3S/c14-11(21)7-20-9-3-1-2-8(6-9)15-13(19)10-4-5-12(18)17-16-10/h1-6H,7H2,(H2,14,21)(H,15,19)(H,17,18). The van der Waals surface area contributed by atoms with E-state index in [1.807, 2.05) is 0 Å². The highest BCUT2D eigenvalue weighted by molar-refractivity contribution is 7.80. The predicted octanol–water partition coefficient (Wildman–Crippen LogP) is 0.687. The van der Waals surface area contributed by atoms with Crippen molar-refractivity contribution >= 4 is 28.8 Å². The summed E-state index contributed by atoms with van der Waals surface area (Å²) >= 11 is 4.72. The molecule has 0 saturated heterocycles. The van der Waals surface area contributed by atoms with Crippen LogP contribution in [0.2, 0.25) is 0 Å². The number of aromatic nitrogens is 2. The van der Waals surface area contributed by atoms with E-state index in [1.54, 1.807) is 24.3 Å². The molecule has 21 heavy (non-hydrogen) atoms. The molecule has 0 fully saturated rings. The van der Waals surface area contributed by atoms with Gasteiger partial charge < -0.3 is 15.8 Å². The van der Waals surface area contributed by atoms with Crippen LogP contribution in [0.25, 0.3) is 0 Å². The Hall–Kier alpha value is -2.74. The zero-order valence-electron chi connectivity index (χ0n) is 10.8. The quantitative estimate of drug-likeness (QED) is 0.701. The Bertz CT molecular complexity index is 709. The molecule has 1 aromatic heterocycles. The minimum Gasteiger partial charge on any atom is -0.486 e. The van der Waals surface area contributed by atoms with E-state index >= 15 is 0 Å². The number of benzene rings is 1. The molecule has 0 unspecified atom stereocenters. The third kappa shape index (κ3) is 4.39. The Morgan fingerprint density at radius 1 is 1.38 bits per heavy atom. The normalized spacial score (nSPS) is 9.90. The van der Waals surface area contributed by atoms with Gasteiger partial charge in [-0.15, -0.1) is 0 Å². The first-order chi connectivity index (χ1) is 10.0. The molecular formula is C13H12N4O3S. The monoisotopic (exact) mass is 304 g/mol. The number of carbonyl (C=O) groups excluding carboxylic acids is 1. The molecule has 0 saturated carbocycles. The number of ether oxygens (including phenoxy) is 1. The number of anilines is 1. The van der Waals surface area contributed by atoms with E-state index in [0.717, 1.165) is 0 Å². The molecule has 8 heteroatoms. The van der Waals surface area contributed by atoms with E-state index in [1.165, 1.54) is 12.1 Å². The van der Waals surface area contributed by atoms with Gasteiger partial charge in [0.25, 0.3) is 11.5 Å². The van der Waals surface area contributed by atoms with Gasteiger partial charge in [-0.05, 0) is 18.2 Å². The summed E-state index contributed by atoms with van der Waals surface area (Å²) < 4.78 is 5.33. The third-order valence-electron chi connectivity index (χ3n) is 2.38. The average molecular weight is 304 g/mol. The third-order valence-corrected chi connectivity index (χ3v) is 2.50. The van der Waals surface area contributed by atoms with Gasteiger partial charge in [0, 0.05) is 17.8 Å². The van der Waals surface area contributed by atoms with Crippen LogP contribution in [0, 0.1) is 0 Å². The number of aromatic amines is 1. The predicted molar refractivity (Wildman–Crippen MR) is 81.5 cm³/mol. The van der Waals surface area contributed by atoms with Crippen LogP contribution in [0.1, 0.15) is 10.5 Å². The van der Waals surface area contributed by atoms with Crippen LogP contribution in [-0.2, 0) is 0 Å². The molecule has 1 amide bonds. The molecule has 7 nitrogen and oxygen atoms in total. The van der Waals surface area contributed by atoms with Gasteiger partial charge in [-0.3, -0.25) is 9.59 Å². The van der Waals surface area contributed by atoms with Crippen LogP contribution in [-0.4, -0.2) is 27.7 Å². The molecule has 4 N–H and O–H groups in total. The van der Waals surface area contributed by atoms with Crippen LogP contribution in [0.5, 0.6) is 5.75 Å². The number of nitrogens with zero attached hydrogens (tertiary/aromatic N) is 1. The summed E-state index contributed by atoms with van der Waals surface area (Å²) in [7, 11) is 0. The van der Waals surface area contributed by atoms with E-state index in [4.69, 9.17) is 22.7 Å². The fourth-order valence-corrected chi connectivity index (χ4v) is 1.54. The van der Waals surface area contributed by atoms with Crippen molar-refractivity contribution in [1.82, 2.24) is 10.2 Å². The lowest BCUT2D eigenvalue weighted by molar-refractivity contribution is 0.102. The van der Waals surface area contributed by atoms with Crippen molar-refractivity contribution in [2.75, 3.05) is 11.9 Å². The topological polar surface area (TPSA) is 110 Å². The molecule has 0 atom stereocenters. The summed E-state index contributed by atoms with van der Waals surface area (Å²) in [6.07, 6.45) is 0. The Morgan fingerprint density at radius 3 is 2.86 bits per heavy atom. The molecule has 0 radical (unpaired) electrons. The summed E-state index contributed by atoms with van der Waals surface area (Å²) in [5.41, 5.74) is 5.59. The van der Waals surface area contributed by atoms with Crippen LogP contribution in [0.4, 0.5) is 5.69 Å². The van der Waals surface area contributed by atoms with Crippen LogP contribution in [0.15, 0.2) is 41.2 Å². The first-order valence-electron chi connectivity index (χ1n) is 5.93. The number of nitrogens with one attached hydrogen (secondary N) is 2. The van der Waals surface area contributed by atoms with Gasteiger partial charge >= 0.3 is 0 Å². The van der Waals surface area contributed by atoms with Crippen molar-refractivity contribution in [3.8, 4) is 5.75 Å². The summed E-state index contributed by atoms with van der Waals surface area (Å²) in [5.74, 6) is 0.0766. The molecule has 0 bridgehead atoms. The van der Waals surface area contributed by atoms with Gasteiger partial charge in [-0.2, -0.15) is 5.10 Å². The lowest BCUT2D eigenvalue weighted by Gasteiger charge is -2.08. The lowest BCUT2D eigenvalue weighted by Crippen LogP contribution is -2.18. The zero-order valence-corrected chi connectivity index (χ0v) is 11.6. The van der Waals surface area contributed by atoms with E-state index in [2.05, 4.69) is 15.5 Å². The maximum atomic E-state index is 11.9. The molecule has 0 spiro atoms. The summed E-state index contributed by atoms with van der Waals surface area (Å²) in [5, 5.41) is 8.47. The second kappa shape index (κ2) is 6.62. The second-order valence-corrected chi connectivity index (χ2v) is 4.57. The summed E-state index contributed by atoms with van der Waals surface area (Å²) in [4.78, 5) is 23.1. The highest BCUT2D eigenvalue weighted by Crippen LogP contribution is 2.17. The maximum Gasteiger partial charge on any atom is 0.276 e. The van der Waals surface area contributed by atoms with Crippen molar-refractivity contribution < 1.29 is 9.53 Å². The van der Waals surface area contributed by atoms with E-state index in [0.29, 0.717) is 11.4 Å². The molecule has 108 valence electrons. The molecule has 2 aromatic rings. The maximum absolute atomic E-state index is 11.9. The van der Waals surface area contributed by atoms with Crippen molar-refractivity contribution in [2.45, 2.75) is 0 Å². The fourth-order valence-electron chi connectivity index (χ4n) is 1.48. The highest BCUT2D eigenvalue weighted by atomic mass is 32.1. The Balaban J connectivity index is 2.06. The van der Waals surface area contributed by atoms with E-state index in [-0.39, 0.29) is 22.8 Å². The molecule has 1 heterocycles. The zero-order chi connectivity index (χ0) is 15.2. The van der Waals surface area contributed by atoms with Gasteiger partial charge in [-0.1, -0.05) is 18.3 Å². The van der Waals surface area contributed by atoms with Crippen molar-refractivity contribution in [2.24, 2.45) is 5.73 Å². The van der Waals surface area contributed by atoms with Crippen molar-refractivity contribution in [1.29, 1.82) is 0 Å². The van der Waals surface area contributed by atoms with Crippen LogP contribution in [0.3, 0.4) is 0 Å². The van der Waals surface area contributed by atoms with Crippen LogP contribution >= 0.6 is 12.2 Å². The number of rotatable bonds is 5. The first kappa shape index (κ1) is 14.7. The average Bonchev–Trinajstić information content (AvgIpc) is 2.46. The second-order valence-electron chi connectivity index (χ2n) is 4.04. The minimum atomic E-state index is -0.447. The summed E-state index contributed by atoms with van der Waals surface area (Å²) in [6.45, 7) is 0.119. The molecular weight excluding hydrogens is 292 g/mol. The molecule has 0 aliphatic carbocycles. The van der Waals surface area contributed by atoms with E-state index in [9.17, 15) is 9.59 Å². The van der Waals surface area contributed by atoms with Gasteiger partial charge in [0.1, 0.15) is 23.0 Å². The van der Waals surface area contributed by atoms with Crippen molar-refractivity contribution in [3.05, 3.63) is 52.4 Å². The number of thiocarbonyl (C=S) groups is 1. The Morgan fingerprint density at radius 2 is 2.19 bits per heavy atom. The van der Waals surface area contributed by atoms with Gasteiger partial charge in [0.05, 0.1) is 0 Å². The molecule has 2 rings (SSSR count). The number of hydrogen-bond donors (Lipinski definition) is 3. The van der Waals surface area contributed by atoms with Gasteiger partial charge in [0.2, 0.25) is 0 Å². The lowest BCUT2D eigenvalue weighted by atomic mass is 10.3.